The van der Waals surface area contributed by atoms with Crippen LogP contribution in [0.1, 0.15) is 106 Å². The maximum Gasteiger partial charge on any atom is 0.0543 e. The van der Waals surface area contributed by atoms with Crippen LogP contribution in [0.2, 0.25) is 0 Å². The highest BCUT2D eigenvalue weighted by atomic mass is 16.3. The van der Waals surface area contributed by atoms with Gasteiger partial charge in [-0.3, -0.25) is 0 Å². The van der Waals surface area contributed by atoms with E-state index < -0.39 is 0 Å². The van der Waals surface area contributed by atoms with Gasteiger partial charge in [0.2, 0.25) is 0 Å². The number of rotatable bonds is 0. The molecule has 0 aromatic carbocycles. The van der Waals surface area contributed by atoms with E-state index in [2.05, 4.69) is 47.6 Å². The van der Waals surface area contributed by atoms with Gasteiger partial charge in [0.05, 0.1) is 6.10 Å². The third-order valence-corrected chi connectivity index (χ3v) is 12.4. The lowest BCUT2D eigenvalue weighted by molar-refractivity contribution is -0.166. The lowest BCUT2D eigenvalue weighted by Gasteiger charge is -2.70. The Morgan fingerprint density at radius 3 is 2.41 bits per heavy atom. The van der Waals surface area contributed by atoms with Crippen LogP contribution in [-0.2, 0) is 0 Å². The third-order valence-electron chi connectivity index (χ3n) is 12.4. The molecule has 164 valence electrons. The predicted molar refractivity (Wildman–Crippen MR) is 121 cm³/mol. The number of hydrogen-bond donors (Lipinski definition) is 1. The summed E-state index contributed by atoms with van der Waals surface area (Å²) in [6.45, 7) is 15.7. The van der Waals surface area contributed by atoms with Gasteiger partial charge in [-0.05, 0) is 115 Å². The van der Waals surface area contributed by atoms with Gasteiger partial charge in [-0.25, -0.2) is 0 Å². The smallest absolute Gasteiger partial charge is 0.0543 e. The molecule has 0 bridgehead atoms. The molecule has 0 amide bonds. The summed E-state index contributed by atoms with van der Waals surface area (Å²) in [7, 11) is 0. The molecule has 10 atom stereocenters. The molecule has 1 nitrogen and oxygen atoms in total. The van der Waals surface area contributed by atoms with Crippen LogP contribution in [-0.4, -0.2) is 11.2 Å². The summed E-state index contributed by atoms with van der Waals surface area (Å²) in [6.07, 6.45) is 15.8. The van der Waals surface area contributed by atoms with Crippen molar-refractivity contribution in [2.24, 2.45) is 51.2 Å². The highest BCUT2D eigenvalue weighted by molar-refractivity contribution is 5.33. The monoisotopic (exact) mass is 398 g/mol. The first-order valence-corrected chi connectivity index (χ1v) is 12.9. The Labute approximate surface area is 180 Å². The molecule has 1 N–H and O–H groups in total. The molecule has 0 aromatic rings. The quantitative estimate of drug-likeness (QED) is 0.422. The van der Waals surface area contributed by atoms with Crippen molar-refractivity contribution in [1.82, 2.24) is 0 Å². The third kappa shape index (κ3) is 2.55. The van der Waals surface area contributed by atoms with Crippen molar-refractivity contribution in [2.75, 3.05) is 0 Å². The maximum atomic E-state index is 10.4. The Kier molecular flexibility index (Phi) is 4.52. The summed E-state index contributed by atoms with van der Waals surface area (Å²) in [5.41, 5.74) is 3.68. The molecule has 5 aliphatic carbocycles. The first-order chi connectivity index (χ1) is 13.6. The zero-order valence-corrected chi connectivity index (χ0v) is 20.1. The van der Waals surface area contributed by atoms with Gasteiger partial charge in [0, 0.05) is 0 Å². The molecule has 0 radical (unpaired) electrons. The second-order valence-corrected chi connectivity index (χ2v) is 13.4. The van der Waals surface area contributed by atoms with E-state index in [4.69, 9.17) is 0 Å². The highest BCUT2D eigenvalue weighted by Crippen LogP contribution is 2.74. The molecule has 0 spiro atoms. The summed E-state index contributed by atoms with van der Waals surface area (Å²) >= 11 is 0. The van der Waals surface area contributed by atoms with Crippen molar-refractivity contribution in [3.8, 4) is 0 Å². The summed E-state index contributed by atoms with van der Waals surface area (Å²) < 4.78 is 0. The molecular formula is C28H46O. The number of aliphatic hydroxyl groups is 1. The number of aliphatic hydroxyl groups excluding tert-OH is 1. The van der Waals surface area contributed by atoms with Gasteiger partial charge in [0.1, 0.15) is 0 Å². The predicted octanol–water partition coefficient (Wildman–Crippen LogP) is 7.39. The summed E-state index contributed by atoms with van der Waals surface area (Å²) in [6, 6.07) is 0. The van der Waals surface area contributed by atoms with Crippen LogP contribution >= 0.6 is 0 Å². The fourth-order valence-electron chi connectivity index (χ4n) is 9.98. The minimum absolute atomic E-state index is 0.0392. The van der Waals surface area contributed by atoms with Crippen molar-refractivity contribution in [3.63, 3.8) is 0 Å². The fraction of sp³-hybridized carbons (Fsp3) is 0.929. The topological polar surface area (TPSA) is 20.2 Å². The van der Waals surface area contributed by atoms with Crippen molar-refractivity contribution >= 4 is 0 Å². The van der Waals surface area contributed by atoms with Gasteiger partial charge in [-0.15, -0.1) is 0 Å². The molecule has 4 fully saturated rings. The lowest BCUT2D eigenvalue weighted by Crippen LogP contribution is -2.62. The Morgan fingerprint density at radius 2 is 1.66 bits per heavy atom. The molecule has 0 aromatic heterocycles. The van der Waals surface area contributed by atoms with Crippen molar-refractivity contribution in [1.29, 1.82) is 0 Å². The second-order valence-electron chi connectivity index (χ2n) is 13.4. The zero-order chi connectivity index (χ0) is 20.8. The first-order valence-electron chi connectivity index (χ1n) is 12.9. The van der Waals surface area contributed by atoms with Crippen LogP contribution in [0, 0.1) is 51.2 Å². The van der Waals surface area contributed by atoms with Crippen LogP contribution in [0.15, 0.2) is 11.6 Å². The van der Waals surface area contributed by atoms with Crippen molar-refractivity contribution in [2.45, 2.75) is 112 Å². The average Bonchev–Trinajstić information content (AvgIpc) is 2.67. The fourth-order valence-corrected chi connectivity index (χ4v) is 9.98. The van der Waals surface area contributed by atoms with E-state index in [1.807, 2.05) is 5.57 Å². The van der Waals surface area contributed by atoms with E-state index >= 15 is 0 Å². The minimum Gasteiger partial charge on any atom is -0.393 e. The van der Waals surface area contributed by atoms with Gasteiger partial charge in [-0.2, -0.15) is 0 Å². The van der Waals surface area contributed by atoms with E-state index in [0.29, 0.717) is 21.7 Å². The molecule has 0 unspecified atom stereocenters. The summed E-state index contributed by atoms with van der Waals surface area (Å²) in [5.74, 6) is 4.05. The van der Waals surface area contributed by atoms with E-state index in [1.165, 1.54) is 51.4 Å². The van der Waals surface area contributed by atoms with Crippen molar-refractivity contribution < 1.29 is 5.11 Å². The molecule has 5 rings (SSSR count). The Bertz CT molecular complexity index is 709. The molecule has 5 aliphatic rings. The van der Waals surface area contributed by atoms with Crippen LogP contribution < -0.4 is 0 Å². The minimum atomic E-state index is -0.0392. The molecular weight excluding hydrogens is 352 g/mol. The molecule has 29 heavy (non-hydrogen) atoms. The molecule has 0 heterocycles. The lowest BCUT2D eigenvalue weighted by atomic mass is 9.35. The largest absolute Gasteiger partial charge is 0.393 e. The number of hydrogen-bond acceptors (Lipinski definition) is 1. The van der Waals surface area contributed by atoms with Gasteiger partial charge in [0.15, 0.2) is 0 Å². The van der Waals surface area contributed by atoms with Crippen LogP contribution in [0.3, 0.4) is 0 Å². The van der Waals surface area contributed by atoms with Crippen LogP contribution in [0.25, 0.3) is 0 Å². The van der Waals surface area contributed by atoms with Gasteiger partial charge in [-0.1, -0.05) is 53.2 Å². The van der Waals surface area contributed by atoms with Gasteiger partial charge < -0.3 is 5.11 Å². The Morgan fingerprint density at radius 1 is 0.897 bits per heavy atom. The summed E-state index contributed by atoms with van der Waals surface area (Å²) in [4.78, 5) is 0. The van der Waals surface area contributed by atoms with E-state index in [9.17, 15) is 5.11 Å². The van der Waals surface area contributed by atoms with Crippen LogP contribution in [0.4, 0.5) is 0 Å². The normalized spacial score (nSPS) is 59.6. The van der Waals surface area contributed by atoms with Crippen molar-refractivity contribution in [3.05, 3.63) is 11.6 Å². The van der Waals surface area contributed by atoms with E-state index in [0.717, 1.165) is 42.4 Å². The highest BCUT2D eigenvalue weighted by Gasteiger charge is 2.66. The standard InChI is InChI=1S/C28H46O/c1-18-9-12-25(3)15-16-27(5)22(24(25)19(18)2)7-8-23-26(4)13-11-21(29)17-20(26)10-14-28(23,27)6/h7,18-21,23-24,29H,8-17H2,1-6H3/t18-,19+,20+,21+,23-,24+,25-,26+,27-,28-/m1/s1. The Balaban J connectivity index is 1.57. The first kappa shape index (κ1) is 20.6. The van der Waals surface area contributed by atoms with Gasteiger partial charge in [0.25, 0.3) is 0 Å². The van der Waals surface area contributed by atoms with E-state index in [1.54, 1.807) is 0 Å². The molecule has 0 saturated heterocycles. The SMILES string of the molecule is C[C@H]1[C@H](C)CC[C@]2(C)CC[C@]3(C)C(=CC[C@@H]4[C@@]5(C)CC[C@H](O)C[C@@H]5CC[C@]43C)[C@H]12. The van der Waals surface area contributed by atoms with Crippen LogP contribution in [0.5, 0.6) is 0 Å². The Hall–Kier alpha value is -0.300. The number of allylic oxidation sites excluding steroid dienone is 2. The molecule has 4 saturated carbocycles. The zero-order valence-electron chi connectivity index (χ0n) is 20.1. The van der Waals surface area contributed by atoms with Gasteiger partial charge >= 0.3 is 0 Å². The maximum absolute atomic E-state index is 10.4. The van der Waals surface area contributed by atoms with E-state index in [-0.39, 0.29) is 6.10 Å². The molecule has 0 aliphatic heterocycles. The second kappa shape index (κ2) is 6.36. The number of fused-ring (bicyclic) bond motifs is 7. The molecule has 1 heteroatoms. The average molecular weight is 399 g/mol. The summed E-state index contributed by atoms with van der Waals surface area (Å²) in [5, 5.41) is 10.4.